The van der Waals surface area contributed by atoms with Crippen molar-refractivity contribution < 1.29 is 13.6 Å². The molecule has 0 bridgehead atoms. The fourth-order valence-corrected chi connectivity index (χ4v) is 3.01. The van der Waals surface area contributed by atoms with Crippen LogP contribution in [0.15, 0.2) is 65.5 Å². The topological polar surface area (TPSA) is 90.7 Å². The van der Waals surface area contributed by atoms with Crippen molar-refractivity contribution in [2.45, 2.75) is 0 Å². The van der Waals surface area contributed by atoms with Crippen LogP contribution in [0.5, 0.6) is 0 Å². The summed E-state index contributed by atoms with van der Waals surface area (Å²) in [5.41, 5.74) is 0.750. The predicted octanol–water partition coefficient (Wildman–Crippen LogP) is 3.72. The number of hydrogen-bond donors (Lipinski definition) is 2. The van der Waals surface area contributed by atoms with Gasteiger partial charge in [-0.3, -0.25) is 14.2 Å². The summed E-state index contributed by atoms with van der Waals surface area (Å²) in [6, 6.07) is 15.1. The Hall–Kier alpha value is -4.25. The van der Waals surface area contributed by atoms with Gasteiger partial charge in [-0.25, -0.2) is 8.78 Å². The van der Waals surface area contributed by atoms with E-state index in [0.29, 0.717) is 16.7 Å². The molecule has 2 N–H and O–H groups in total. The number of amides is 1. The molecule has 4 aromatic rings. The minimum absolute atomic E-state index is 0.0714. The second-order valence-corrected chi connectivity index (χ2v) is 6.26. The van der Waals surface area contributed by atoms with Gasteiger partial charge in [0.05, 0.1) is 17.3 Å². The molecule has 0 fully saturated rings. The molecule has 0 unspecified atom stereocenters. The Bertz CT molecular complexity index is 1350. The number of H-pyrrole nitrogens is 1. The third-order valence-corrected chi connectivity index (χ3v) is 4.29. The number of halogens is 2. The van der Waals surface area contributed by atoms with Crippen molar-refractivity contribution in [1.82, 2.24) is 9.55 Å². The van der Waals surface area contributed by atoms with Crippen LogP contribution < -0.4 is 10.9 Å². The number of aromatic amines is 1. The molecule has 0 aliphatic rings. The van der Waals surface area contributed by atoms with Gasteiger partial charge in [-0.1, -0.05) is 0 Å². The molecule has 0 radical (unpaired) electrons. The zero-order chi connectivity index (χ0) is 20.5. The van der Waals surface area contributed by atoms with E-state index in [1.165, 1.54) is 47.0 Å². The first kappa shape index (κ1) is 18.1. The van der Waals surface area contributed by atoms with E-state index in [2.05, 4.69) is 10.3 Å². The quantitative estimate of drug-likeness (QED) is 0.559. The maximum Gasteiger partial charge on any atom is 0.272 e. The molecular weight excluding hydrogens is 378 g/mol. The molecule has 142 valence electrons. The van der Waals surface area contributed by atoms with Gasteiger partial charge in [0.25, 0.3) is 11.5 Å². The first-order valence-electron chi connectivity index (χ1n) is 8.47. The fraction of sp³-hybridized carbons (Fsp3) is 0. The highest BCUT2D eigenvalue weighted by molar-refractivity contribution is 6.05. The number of nitrogens with one attached hydrogen (secondary N) is 2. The number of aromatic nitrogens is 2. The van der Waals surface area contributed by atoms with Crippen LogP contribution in [-0.2, 0) is 0 Å². The Balaban J connectivity index is 1.74. The molecule has 8 heteroatoms. The van der Waals surface area contributed by atoms with E-state index in [0.717, 1.165) is 12.1 Å². The van der Waals surface area contributed by atoms with Crippen LogP contribution in [0, 0.1) is 23.0 Å². The molecule has 0 saturated carbocycles. The van der Waals surface area contributed by atoms with Gasteiger partial charge in [0.2, 0.25) is 0 Å². The highest BCUT2D eigenvalue weighted by atomic mass is 19.1. The van der Waals surface area contributed by atoms with E-state index < -0.39 is 17.5 Å². The van der Waals surface area contributed by atoms with Crippen LogP contribution in [0.3, 0.4) is 0 Å². The Morgan fingerprint density at radius 3 is 2.48 bits per heavy atom. The molecule has 0 atom stereocenters. The van der Waals surface area contributed by atoms with Crippen molar-refractivity contribution in [1.29, 1.82) is 5.26 Å². The zero-order valence-corrected chi connectivity index (χ0v) is 14.7. The average Bonchev–Trinajstić information content (AvgIpc) is 3.13. The van der Waals surface area contributed by atoms with E-state index >= 15 is 0 Å². The number of benzene rings is 2. The normalized spacial score (nSPS) is 10.7. The summed E-state index contributed by atoms with van der Waals surface area (Å²) in [5, 5.41) is 12.0. The number of nitrogens with zero attached hydrogens (tertiary/aromatic N) is 2. The van der Waals surface area contributed by atoms with Gasteiger partial charge < -0.3 is 10.3 Å². The summed E-state index contributed by atoms with van der Waals surface area (Å²) in [5.74, 6) is -1.66. The molecule has 2 aromatic heterocycles. The molecule has 4 rings (SSSR count). The van der Waals surface area contributed by atoms with Gasteiger partial charge in [-0.2, -0.15) is 5.26 Å². The Morgan fingerprint density at radius 1 is 1.00 bits per heavy atom. The minimum atomic E-state index is -0.652. The van der Waals surface area contributed by atoms with E-state index in [9.17, 15) is 18.4 Å². The summed E-state index contributed by atoms with van der Waals surface area (Å²) in [7, 11) is 0. The summed E-state index contributed by atoms with van der Waals surface area (Å²) >= 11 is 0. The van der Waals surface area contributed by atoms with Crippen molar-refractivity contribution >= 4 is 22.6 Å². The summed E-state index contributed by atoms with van der Waals surface area (Å²) < 4.78 is 28.1. The van der Waals surface area contributed by atoms with Crippen LogP contribution in [0.4, 0.5) is 14.5 Å². The molecule has 29 heavy (non-hydrogen) atoms. The Kier molecular flexibility index (Phi) is 4.41. The van der Waals surface area contributed by atoms with Crippen molar-refractivity contribution in [2.24, 2.45) is 0 Å². The lowest BCUT2D eigenvalue weighted by molar-refractivity contribution is 0.102. The van der Waals surface area contributed by atoms with Gasteiger partial charge in [0.1, 0.15) is 23.0 Å². The minimum Gasteiger partial charge on any atom is -0.336 e. The van der Waals surface area contributed by atoms with Gasteiger partial charge in [0.15, 0.2) is 0 Å². The Morgan fingerprint density at radius 2 is 1.76 bits per heavy atom. The first-order chi connectivity index (χ1) is 13.9. The van der Waals surface area contributed by atoms with Crippen LogP contribution in [-0.4, -0.2) is 15.5 Å². The third-order valence-electron chi connectivity index (χ3n) is 4.29. The highest BCUT2D eigenvalue weighted by Gasteiger charge is 2.14. The van der Waals surface area contributed by atoms with Crippen molar-refractivity contribution in [3.05, 3.63) is 93.9 Å². The van der Waals surface area contributed by atoms with Gasteiger partial charge in [-0.05, 0) is 54.6 Å². The summed E-state index contributed by atoms with van der Waals surface area (Å²) in [6.07, 6.45) is 0. The lowest BCUT2D eigenvalue weighted by Crippen LogP contribution is -2.17. The predicted molar refractivity (Wildman–Crippen MR) is 103 cm³/mol. The van der Waals surface area contributed by atoms with Gasteiger partial charge in [-0.15, -0.1) is 0 Å². The number of fused-ring (bicyclic) bond motifs is 1. The van der Waals surface area contributed by atoms with E-state index in [-0.39, 0.29) is 22.5 Å². The lowest BCUT2D eigenvalue weighted by Gasteiger charge is -2.07. The van der Waals surface area contributed by atoms with Crippen molar-refractivity contribution in [2.75, 3.05) is 5.32 Å². The standard InChI is InChI=1S/C21H12F2N4O2/c22-14-2-4-17(5-3-14)27-19(28)6-1-13-9-18(26-20(13)27)21(29)25-16-8-12(11-24)7-15(23)10-16/h1-10,26H,(H,25,29). The summed E-state index contributed by atoms with van der Waals surface area (Å²) in [4.78, 5) is 27.8. The molecule has 6 nitrogen and oxygen atoms in total. The largest absolute Gasteiger partial charge is 0.336 e. The second kappa shape index (κ2) is 7.05. The van der Waals surface area contributed by atoms with Crippen LogP contribution >= 0.6 is 0 Å². The molecule has 0 aliphatic carbocycles. The van der Waals surface area contributed by atoms with E-state index in [1.54, 1.807) is 6.07 Å². The SMILES string of the molecule is N#Cc1cc(F)cc(NC(=O)c2cc3ccc(=O)n(-c4ccc(F)cc4)c3[nH]2)c1. The van der Waals surface area contributed by atoms with E-state index in [1.807, 2.05) is 6.07 Å². The molecule has 2 heterocycles. The number of anilines is 1. The van der Waals surface area contributed by atoms with Gasteiger partial charge >= 0.3 is 0 Å². The number of hydrogen-bond acceptors (Lipinski definition) is 3. The summed E-state index contributed by atoms with van der Waals surface area (Å²) in [6.45, 7) is 0. The molecular formula is C21H12F2N4O2. The molecule has 0 aliphatic heterocycles. The van der Waals surface area contributed by atoms with E-state index in [4.69, 9.17) is 5.26 Å². The number of carbonyl (C=O) groups is 1. The highest BCUT2D eigenvalue weighted by Crippen LogP contribution is 2.20. The Labute approximate surface area is 162 Å². The molecule has 0 spiro atoms. The van der Waals surface area contributed by atoms with Gasteiger partial charge in [0, 0.05) is 17.1 Å². The first-order valence-corrected chi connectivity index (χ1v) is 8.47. The molecule has 2 aromatic carbocycles. The second-order valence-electron chi connectivity index (χ2n) is 6.26. The average molecular weight is 390 g/mol. The van der Waals surface area contributed by atoms with Crippen LogP contribution in [0.1, 0.15) is 16.1 Å². The fourth-order valence-electron chi connectivity index (χ4n) is 3.01. The maximum atomic E-state index is 13.6. The monoisotopic (exact) mass is 390 g/mol. The molecule has 1 amide bonds. The van der Waals surface area contributed by atoms with Crippen molar-refractivity contribution in [3.8, 4) is 11.8 Å². The molecule has 0 saturated heterocycles. The number of pyridine rings is 1. The number of nitriles is 1. The third kappa shape index (κ3) is 3.49. The number of carbonyl (C=O) groups excluding carboxylic acids is 1. The smallest absolute Gasteiger partial charge is 0.272 e. The van der Waals surface area contributed by atoms with Crippen LogP contribution in [0.25, 0.3) is 16.7 Å². The number of rotatable bonds is 3. The lowest BCUT2D eigenvalue weighted by atomic mass is 10.2. The maximum absolute atomic E-state index is 13.6. The van der Waals surface area contributed by atoms with Crippen molar-refractivity contribution in [3.63, 3.8) is 0 Å². The van der Waals surface area contributed by atoms with Crippen LogP contribution in [0.2, 0.25) is 0 Å². The zero-order valence-electron chi connectivity index (χ0n) is 14.7.